The molecule has 1 radical (unpaired) electrons. The number of halogens is 2. The Balaban J connectivity index is 2.85. The standard InChI is InChI=1S/C7H5ClI/c8-7(9)6-4-2-1-3-5-6/h1-5H. The van der Waals surface area contributed by atoms with Gasteiger partial charge in [-0.3, -0.25) is 0 Å². The lowest BCUT2D eigenvalue weighted by atomic mass is 10.2. The van der Waals surface area contributed by atoms with Crippen LogP contribution in [0, 0.1) is 3.38 Å². The van der Waals surface area contributed by atoms with Gasteiger partial charge in [-0.05, 0) is 5.56 Å². The molecular weight excluding hydrogens is 246 g/mol. The van der Waals surface area contributed by atoms with Gasteiger partial charge in [-0.2, -0.15) is 0 Å². The highest BCUT2D eigenvalue weighted by Crippen LogP contribution is 2.25. The van der Waals surface area contributed by atoms with Crippen molar-refractivity contribution in [2.75, 3.05) is 0 Å². The zero-order valence-electron chi connectivity index (χ0n) is 4.64. The number of rotatable bonds is 1. The van der Waals surface area contributed by atoms with Crippen molar-refractivity contribution in [2.45, 2.75) is 0 Å². The van der Waals surface area contributed by atoms with Crippen LogP contribution in [0.4, 0.5) is 0 Å². The molecule has 0 saturated heterocycles. The number of hydrogen-bond acceptors (Lipinski definition) is 0. The quantitative estimate of drug-likeness (QED) is 0.673. The highest BCUT2D eigenvalue weighted by atomic mass is 127. The van der Waals surface area contributed by atoms with Gasteiger partial charge in [0, 0.05) is 0 Å². The van der Waals surface area contributed by atoms with Crippen LogP contribution in [0.2, 0.25) is 0 Å². The molecule has 0 aromatic heterocycles. The molecule has 0 aliphatic heterocycles. The van der Waals surface area contributed by atoms with Crippen LogP contribution >= 0.6 is 34.2 Å². The van der Waals surface area contributed by atoms with E-state index in [1.54, 1.807) is 0 Å². The molecule has 0 saturated carbocycles. The van der Waals surface area contributed by atoms with E-state index < -0.39 is 0 Å². The van der Waals surface area contributed by atoms with Crippen LogP contribution in [-0.4, -0.2) is 0 Å². The van der Waals surface area contributed by atoms with Gasteiger partial charge in [-0.1, -0.05) is 64.5 Å². The van der Waals surface area contributed by atoms with Crippen molar-refractivity contribution in [3.8, 4) is 0 Å². The lowest BCUT2D eigenvalue weighted by Crippen LogP contribution is -1.77. The lowest BCUT2D eigenvalue weighted by Gasteiger charge is -1.96. The van der Waals surface area contributed by atoms with Crippen molar-refractivity contribution in [3.63, 3.8) is 0 Å². The van der Waals surface area contributed by atoms with E-state index in [9.17, 15) is 0 Å². The van der Waals surface area contributed by atoms with E-state index in [4.69, 9.17) is 11.6 Å². The summed E-state index contributed by atoms with van der Waals surface area (Å²) in [5.41, 5.74) is 1.08. The summed E-state index contributed by atoms with van der Waals surface area (Å²) in [5.74, 6) is 0. The van der Waals surface area contributed by atoms with E-state index in [2.05, 4.69) is 22.6 Å². The maximum Gasteiger partial charge on any atom is 0.153 e. The predicted molar refractivity (Wildman–Crippen MR) is 48.7 cm³/mol. The number of hydrogen-bond donors (Lipinski definition) is 0. The fourth-order valence-corrected chi connectivity index (χ4v) is 1.05. The van der Waals surface area contributed by atoms with Gasteiger partial charge in [0.15, 0.2) is 3.38 Å². The Kier molecular flexibility index (Phi) is 2.79. The summed E-state index contributed by atoms with van der Waals surface area (Å²) in [5, 5.41) is 0. The monoisotopic (exact) mass is 251 g/mol. The lowest BCUT2D eigenvalue weighted by molar-refractivity contribution is 1.58. The van der Waals surface area contributed by atoms with Crippen LogP contribution in [0.3, 0.4) is 0 Å². The van der Waals surface area contributed by atoms with E-state index in [1.165, 1.54) is 0 Å². The Morgan fingerprint density at radius 1 is 1.22 bits per heavy atom. The Bertz CT molecular complexity index is 172. The molecule has 0 aliphatic rings. The molecule has 47 valence electrons. The Labute approximate surface area is 73.4 Å². The summed E-state index contributed by atoms with van der Waals surface area (Å²) in [6.45, 7) is 0. The van der Waals surface area contributed by atoms with Crippen LogP contribution in [0.25, 0.3) is 0 Å². The maximum absolute atomic E-state index is 5.71. The second-order valence-electron chi connectivity index (χ2n) is 1.63. The van der Waals surface area contributed by atoms with Crippen LogP contribution < -0.4 is 0 Å². The molecule has 0 aliphatic carbocycles. The molecule has 0 bridgehead atoms. The van der Waals surface area contributed by atoms with Crippen molar-refractivity contribution in [1.29, 1.82) is 0 Å². The van der Waals surface area contributed by atoms with Crippen LogP contribution in [-0.2, 0) is 0 Å². The van der Waals surface area contributed by atoms with Gasteiger partial charge in [-0.15, -0.1) is 0 Å². The predicted octanol–water partition coefficient (Wildman–Crippen LogP) is 3.20. The maximum atomic E-state index is 5.71. The summed E-state index contributed by atoms with van der Waals surface area (Å²) in [6, 6.07) is 9.87. The van der Waals surface area contributed by atoms with Gasteiger partial charge in [0.25, 0.3) is 0 Å². The minimum absolute atomic E-state index is 0.813. The summed E-state index contributed by atoms with van der Waals surface area (Å²) < 4.78 is 0.813. The molecule has 1 aromatic carbocycles. The zero-order valence-corrected chi connectivity index (χ0v) is 7.56. The van der Waals surface area contributed by atoms with E-state index in [0.29, 0.717) is 0 Å². The average molecular weight is 251 g/mol. The first kappa shape index (κ1) is 7.35. The van der Waals surface area contributed by atoms with E-state index in [1.807, 2.05) is 30.3 Å². The average Bonchev–Trinajstić information content (AvgIpc) is 1.90. The largest absolute Gasteiger partial charge is 0.153 e. The third-order valence-electron chi connectivity index (χ3n) is 0.992. The molecule has 0 unspecified atom stereocenters. The second-order valence-corrected chi connectivity index (χ2v) is 3.72. The molecule has 1 aromatic rings. The van der Waals surface area contributed by atoms with Crippen molar-refractivity contribution >= 4 is 34.2 Å². The molecule has 0 amide bonds. The molecule has 0 fully saturated rings. The first-order chi connectivity index (χ1) is 4.30. The third kappa shape index (κ3) is 2.14. The first-order valence-electron chi connectivity index (χ1n) is 2.54. The van der Waals surface area contributed by atoms with Gasteiger partial charge in [0.05, 0.1) is 0 Å². The van der Waals surface area contributed by atoms with Crippen molar-refractivity contribution < 1.29 is 0 Å². The molecular formula is C7H5ClI. The van der Waals surface area contributed by atoms with Crippen LogP contribution in [0.15, 0.2) is 30.3 Å². The van der Waals surface area contributed by atoms with E-state index >= 15 is 0 Å². The summed E-state index contributed by atoms with van der Waals surface area (Å²) >= 11 is 7.80. The minimum atomic E-state index is 0.813. The smallest absolute Gasteiger partial charge is 0.0992 e. The fraction of sp³-hybridized carbons (Fsp3) is 0. The summed E-state index contributed by atoms with van der Waals surface area (Å²) in [6.07, 6.45) is 0. The molecule has 0 heterocycles. The normalized spacial score (nSPS) is 10.1. The van der Waals surface area contributed by atoms with Gasteiger partial charge in [0.1, 0.15) is 0 Å². The minimum Gasteiger partial charge on any atom is -0.0992 e. The van der Waals surface area contributed by atoms with Crippen molar-refractivity contribution in [1.82, 2.24) is 0 Å². The Hall–Kier alpha value is 0.240. The number of benzene rings is 1. The molecule has 0 spiro atoms. The topological polar surface area (TPSA) is 0 Å². The highest BCUT2D eigenvalue weighted by molar-refractivity contribution is 14.1. The fourth-order valence-electron chi connectivity index (χ4n) is 0.564. The summed E-state index contributed by atoms with van der Waals surface area (Å²) in [4.78, 5) is 0. The van der Waals surface area contributed by atoms with Crippen LogP contribution in [0.1, 0.15) is 5.56 Å². The molecule has 9 heavy (non-hydrogen) atoms. The van der Waals surface area contributed by atoms with Gasteiger partial charge >= 0.3 is 0 Å². The van der Waals surface area contributed by atoms with E-state index in [-0.39, 0.29) is 0 Å². The van der Waals surface area contributed by atoms with Gasteiger partial charge in [-0.25, -0.2) is 0 Å². The molecule has 0 N–H and O–H groups in total. The Morgan fingerprint density at radius 2 is 1.78 bits per heavy atom. The molecule has 2 heteroatoms. The second kappa shape index (κ2) is 3.42. The van der Waals surface area contributed by atoms with Gasteiger partial charge < -0.3 is 0 Å². The zero-order chi connectivity index (χ0) is 6.69. The van der Waals surface area contributed by atoms with Crippen molar-refractivity contribution in [3.05, 3.63) is 39.3 Å². The highest BCUT2D eigenvalue weighted by Gasteiger charge is 1.99. The van der Waals surface area contributed by atoms with Crippen LogP contribution in [0.5, 0.6) is 0 Å². The first-order valence-corrected chi connectivity index (χ1v) is 4.00. The third-order valence-corrected chi connectivity index (χ3v) is 1.83. The molecule has 0 atom stereocenters. The SMILES string of the molecule is Cl[C](I)c1ccccc1. The Morgan fingerprint density at radius 3 is 2.11 bits per heavy atom. The van der Waals surface area contributed by atoms with E-state index in [0.717, 1.165) is 8.95 Å². The van der Waals surface area contributed by atoms with Crippen molar-refractivity contribution in [2.24, 2.45) is 0 Å². The van der Waals surface area contributed by atoms with Gasteiger partial charge in [0.2, 0.25) is 0 Å². The molecule has 0 nitrogen and oxygen atoms in total. The summed E-state index contributed by atoms with van der Waals surface area (Å²) in [7, 11) is 0. The molecule has 1 rings (SSSR count).